The van der Waals surface area contributed by atoms with E-state index in [9.17, 15) is 4.79 Å². The molecule has 0 aliphatic carbocycles. The molecule has 2 aromatic carbocycles. The van der Waals surface area contributed by atoms with Crippen LogP contribution in [0.15, 0.2) is 51.4 Å². The molecule has 92 valence electrons. The molecular weight excluding hydrogens is 356 g/mol. The van der Waals surface area contributed by atoms with Gasteiger partial charge >= 0.3 is 0 Å². The normalized spacial score (nSPS) is 10.4. The Kier molecular flexibility index (Phi) is 4.36. The number of Topliss-reactive ketones (excluding diaryl/α,β-unsaturated/α-hetero) is 1. The van der Waals surface area contributed by atoms with Gasteiger partial charge in [0.2, 0.25) is 0 Å². The average molecular weight is 368 g/mol. The topological polar surface area (TPSA) is 17.1 Å². The summed E-state index contributed by atoms with van der Waals surface area (Å²) in [6, 6.07) is 13.5. The van der Waals surface area contributed by atoms with Crippen LogP contribution >= 0.6 is 31.9 Å². The van der Waals surface area contributed by atoms with Crippen LogP contribution in [0.25, 0.3) is 0 Å². The van der Waals surface area contributed by atoms with Gasteiger partial charge in [-0.3, -0.25) is 4.79 Å². The number of hydrogen-bond acceptors (Lipinski definition) is 1. The highest BCUT2D eigenvalue weighted by atomic mass is 79.9. The van der Waals surface area contributed by atoms with Crippen molar-refractivity contribution in [2.45, 2.75) is 13.3 Å². The zero-order valence-electron chi connectivity index (χ0n) is 9.91. The minimum Gasteiger partial charge on any atom is -0.294 e. The third-order valence-corrected chi connectivity index (χ3v) is 4.43. The molecule has 0 unspecified atom stereocenters. The van der Waals surface area contributed by atoms with Crippen LogP contribution in [0.1, 0.15) is 21.5 Å². The number of carbonyl (C=O) groups is 1. The zero-order valence-corrected chi connectivity index (χ0v) is 13.1. The number of ketones is 1. The van der Waals surface area contributed by atoms with Crippen molar-refractivity contribution >= 4 is 37.6 Å². The molecule has 0 saturated carbocycles. The van der Waals surface area contributed by atoms with E-state index >= 15 is 0 Å². The molecule has 0 aliphatic heterocycles. The zero-order chi connectivity index (χ0) is 13.1. The second-order valence-electron chi connectivity index (χ2n) is 4.16. The molecule has 0 spiro atoms. The van der Waals surface area contributed by atoms with Crippen LogP contribution in [0, 0.1) is 6.92 Å². The highest BCUT2D eigenvalue weighted by Gasteiger charge is 2.10. The first-order valence-electron chi connectivity index (χ1n) is 5.60. The first-order valence-corrected chi connectivity index (χ1v) is 7.19. The molecule has 0 N–H and O–H groups in total. The maximum Gasteiger partial charge on any atom is 0.167 e. The van der Waals surface area contributed by atoms with Gasteiger partial charge in [0.1, 0.15) is 0 Å². The molecule has 0 atom stereocenters. The van der Waals surface area contributed by atoms with Crippen molar-refractivity contribution in [1.29, 1.82) is 0 Å². The average Bonchev–Trinajstić information content (AvgIpc) is 2.35. The largest absolute Gasteiger partial charge is 0.294 e. The molecule has 0 aliphatic rings. The van der Waals surface area contributed by atoms with Crippen molar-refractivity contribution in [3.63, 3.8) is 0 Å². The lowest BCUT2D eigenvalue weighted by Crippen LogP contribution is -2.04. The molecular formula is C15H12Br2O. The standard InChI is InChI=1S/C15H12Br2O/c1-10-6-7-12(8-14(10)17)15(18)9-11-4-2-3-5-13(11)16/h2-8H,9H2,1H3. The molecule has 0 heterocycles. The van der Waals surface area contributed by atoms with E-state index in [1.807, 2.05) is 49.4 Å². The summed E-state index contributed by atoms with van der Waals surface area (Å²) in [7, 11) is 0. The van der Waals surface area contributed by atoms with Crippen molar-refractivity contribution in [1.82, 2.24) is 0 Å². The summed E-state index contributed by atoms with van der Waals surface area (Å²) in [6.45, 7) is 2.01. The Bertz CT molecular complexity index is 591. The number of halogens is 2. The van der Waals surface area contributed by atoms with E-state index in [0.29, 0.717) is 6.42 Å². The van der Waals surface area contributed by atoms with Gasteiger partial charge in [-0.05, 0) is 30.2 Å². The van der Waals surface area contributed by atoms with Gasteiger partial charge in [0.25, 0.3) is 0 Å². The van der Waals surface area contributed by atoms with Crippen LogP contribution in [0.3, 0.4) is 0 Å². The molecule has 3 heteroatoms. The lowest BCUT2D eigenvalue weighted by Gasteiger charge is -2.05. The van der Waals surface area contributed by atoms with Crippen LogP contribution in [-0.4, -0.2) is 5.78 Å². The highest BCUT2D eigenvalue weighted by Crippen LogP contribution is 2.21. The smallest absolute Gasteiger partial charge is 0.167 e. The summed E-state index contributed by atoms with van der Waals surface area (Å²) in [5, 5.41) is 0. The second-order valence-corrected chi connectivity index (χ2v) is 5.86. The van der Waals surface area contributed by atoms with E-state index in [-0.39, 0.29) is 5.78 Å². The van der Waals surface area contributed by atoms with Crippen LogP contribution in [-0.2, 0) is 6.42 Å². The Morgan fingerprint density at radius 2 is 1.78 bits per heavy atom. The Hall–Kier alpha value is -0.930. The Balaban J connectivity index is 2.22. The van der Waals surface area contributed by atoms with Gasteiger partial charge in [-0.1, -0.05) is 62.2 Å². The molecule has 2 rings (SSSR count). The number of benzene rings is 2. The van der Waals surface area contributed by atoms with Gasteiger partial charge < -0.3 is 0 Å². The van der Waals surface area contributed by atoms with Gasteiger partial charge in [-0.25, -0.2) is 0 Å². The molecule has 0 aromatic heterocycles. The van der Waals surface area contributed by atoms with Gasteiger partial charge in [-0.2, -0.15) is 0 Å². The van der Waals surface area contributed by atoms with E-state index in [2.05, 4.69) is 31.9 Å². The Morgan fingerprint density at radius 3 is 2.44 bits per heavy atom. The molecule has 0 amide bonds. The van der Waals surface area contributed by atoms with E-state index in [4.69, 9.17) is 0 Å². The fourth-order valence-corrected chi connectivity index (χ4v) is 2.49. The minimum absolute atomic E-state index is 0.127. The maximum atomic E-state index is 12.2. The SMILES string of the molecule is Cc1ccc(C(=O)Cc2ccccc2Br)cc1Br. The van der Waals surface area contributed by atoms with Crippen LogP contribution < -0.4 is 0 Å². The summed E-state index contributed by atoms with van der Waals surface area (Å²) in [5.74, 6) is 0.127. The summed E-state index contributed by atoms with van der Waals surface area (Å²) in [5.41, 5.74) is 2.88. The predicted molar refractivity (Wildman–Crippen MR) is 81.1 cm³/mol. The van der Waals surface area contributed by atoms with Gasteiger partial charge in [0, 0.05) is 20.9 Å². The van der Waals surface area contributed by atoms with Crippen LogP contribution in [0.2, 0.25) is 0 Å². The van der Waals surface area contributed by atoms with E-state index < -0.39 is 0 Å². The summed E-state index contributed by atoms with van der Waals surface area (Å²) in [4.78, 5) is 12.2. The van der Waals surface area contributed by atoms with Crippen molar-refractivity contribution < 1.29 is 4.79 Å². The van der Waals surface area contributed by atoms with Crippen molar-refractivity contribution in [3.05, 3.63) is 68.1 Å². The molecule has 0 fully saturated rings. The monoisotopic (exact) mass is 366 g/mol. The van der Waals surface area contributed by atoms with Crippen molar-refractivity contribution in [3.8, 4) is 0 Å². The van der Waals surface area contributed by atoms with Gasteiger partial charge in [0.05, 0.1) is 0 Å². The lowest BCUT2D eigenvalue weighted by atomic mass is 10.0. The number of rotatable bonds is 3. The van der Waals surface area contributed by atoms with Crippen LogP contribution in [0.5, 0.6) is 0 Å². The molecule has 18 heavy (non-hydrogen) atoms. The second kappa shape index (κ2) is 5.81. The number of carbonyl (C=O) groups excluding carboxylic acids is 1. The van der Waals surface area contributed by atoms with E-state index in [1.165, 1.54) is 0 Å². The number of hydrogen-bond donors (Lipinski definition) is 0. The number of aryl methyl sites for hydroxylation is 1. The molecule has 2 aromatic rings. The molecule has 0 radical (unpaired) electrons. The quantitative estimate of drug-likeness (QED) is 0.701. The maximum absolute atomic E-state index is 12.2. The van der Waals surface area contributed by atoms with E-state index in [1.54, 1.807) is 0 Å². The molecule has 0 saturated heterocycles. The van der Waals surface area contributed by atoms with Crippen molar-refractivity contribution in [2.24, 2.45) is 0 Å². The minimum atomic E-state index is 0.127. The molecule has 1 nitrogen and oxygen atoms in total. The van der Waals surface area contributed by atoms with E-state index in [0.717, 1.165) is 25.6 Å². The fourth-order valence-electron chi connectivity index (χ4n) is 1.68. The molecule has 0 bridgehead atoms. The fraction of sp³-hybridized carbons (Fsp3) is 0.133. The highest BCUT2D eigenvalue weighted by molar-refractivity contribution is 9.10. The predicted octanol–water partition coefficient (Wildman–Crippen LogP) is 4.95. The first-order chi connectivity index (χ1) is 8.58. The summed E-state index contributed by atoms with van der Waals surface area (Å²) in [6.07, 6.45) is 0.414. The van der Waals surface area contributed by atoms with Gasteiger partial charge in [-0.15, -0.1) is 0 Å². The third-order valence-electron chi connectivity index (χ3n) is 2.80. The Morgan fingerprint density at radius 1 is 1.06 bits per heavy atom. The summed E-state index contributed by atoms with van der Waals surface area (Å²) >= 11 is 6.91. The lowest BCUT2D eigenvalue weighted by molar-refractivity contribution is 0.0992. The first kappa shape index (κ1) is 13.5. The van der Waals surface area contributed by atoms with Crippen molar-refractivity contribution in [2.75, 3.05) is 0 Å². The summed E-state index contributed by atoms with van der Waals surface area (Å²) < 4.78 is 1.95. The Labute approximate surface area is 123 Å². The third kappa shape index (κ3) is 3.09. The van der Waals surface area contributed by atoms with Gasteiger partial charge in [0.15, 0.2) is 5.78 Å². The van der Waals surface area contributed by atoms with Crippen LogP contribution in [0.4, 0.5) is 0 Å².